The van der Waals surface area contributed by atoms with Crippen molar-refractivity contribution in [3.63, 3.8) is 0 Å². The molecule has 0 unspecified atom stereocenters. The van der Waals surface area contributed by atoms with E-state index in [9.17, 15) is 62.1 Å². The Morgan fingerprint density at radius 3 is 1.41 bits per heavy atom. The molecule has 29 heteroatoms. The SMILES string of the molecule is COc1cc(-c2ccc(N=Nc3c(O)c(S(=O)(=O)O)cc4cc(S(=O)(=O)O)ccc34)c(OC)c2)ccc1N=Nc1c(S(=O)(=O)O)cc2cc(S(=O)(=O)O)cc(N)c2c1O.[Na].[Na].[Na].[Na]. The van der Waals surface area contributed by atoms with Crippen LogP contribution in [-0.2, 0) is 40.5 Å². The van der Waals surface area contributed by atoms with E-state index in [4.69, 9.17) is 15.2 Å². The number of phenols is 2. The first-order chi connectivity index (χ1) is 27.4. The van der Waals surface area contributed by atoms with Crippen LogP contribution in [0.25, 0.3) is 32.7 Å². The summed E-state index contributed by atoms with van der Waals surface area (Å²) in [4.78, 5) is -3.30. The number of methoxy groups -OCH3 is 2. The van der Waals surface area contributed by atoms with E-state index in [1.54, 1.807) is 6.07 Å². The summed E-state index contributed by atoms with van der Waals surface area (Å²) in [6, 6.07) is 15.2. The van der Waals surface area contributed by atoms with Crippen molar-refractivity contribution in [2.24, 2.45) is 20.5 Å². The molecule has 0 saturated heterocycles. The van der Waals surface area contributed by atoms with Crippen LogP contribution in [-0.4, -0.2) is 195 Å². The molecule has 0 aliphatic rings. The third kappa shape index (κ3) is 12.4. The molecule has 8 N–H and O–H groups in total. The quantitative estimate of drug-likeness (QED) is 0.0390. The van der Waals surface area contributed by atoms with Crippen molar-refractivity contribution in [2.75, 3.05) is 20.0 Å². The summed E-state index contributed by atoms with van der Waals surface area (Å²) in [5.74, 6) is -1.73. The molecule has 312 valence electrons. The Labute approximate surface area is 447 Å². The first-order valence-electron chi connectivity index (χ1n) is 15.9. The Hall–Kier alpha value is -2.32. The molecule has 6 aromatic carbocycles. The van der Waals surface area contributed by atoms with Gasteiger partial charge in [-0.05, 0) is 82.6 Å². The van der Waals surface area contributed by atoms with Gasteiger partial charge in [0.25, 0.3) is 40.5 Å². The van der Waals surface area contributed by atoms with E-state index < -0.39 is 82.9 Å². The van der Waals surface area contributed by atoms with Crippen LogP contribution in [0.15, 0.2) is 119 Å². The number of ether oxygens (including phenoxy) is 2. The summed E-state index contributed by atoms with van der Waals surface area (Å²) >= 11 is 0. The molecular formula is C34H27N5Na4O16S4. The molecule has 63 heavy (non-hydrogen) atoms. The van der Waals surface area contributed by atoms with Crippen LogP contribution in [0, 0.1) is 0 Å². The van der Waals surface area contributed by atoms with E-state index >= 15 is 0 Å². The Morgan fingerprint density at radius 1 is 0.492 bits per heavy atom. The topological polar surface area (TPSA) is 352 Å². The minimum absolute atomic E-state index is 0. The van der Waals surface area contributed by atoms with Crippen LogP contribution in [0.5, 0.6) is 23.0 Å². The van der Waals surface area contributed by atoms with Gasteiger partial charge in [-0.3, -0.25) is 18.2 Å². The molecule has 0 atom stereocenters. The maximum atomic E-state index is 12.3. The molecular weight excluding hydrogens is 955 g/mol. The Bertz CT molecular complexity index is 3310. The standard InChI is InChI=1S/C34H27N5O16S4.4Na/c1-54-26-11-16(3-7-24(26)36-38-31-22-6-5-20(56(42,43)44)9-18(22)13-29(33(31)40)59(51,52)53)17-4-8-25(27(12-17)55-2)37-39-32-28(58(48,49)50)14-19-10-21(57(45,46)47)15-23(35)30(19)34(32)41;;;;/h3-15,40-41H,35H2,1-2H3,(H,42,43,44)(H,45,46,47)(H,48,49,50)(H,51,52,53);;;;. The summed E-state index contributed by atoms with van der Waals surface area (Å²) in [7, 11) is -17.1. The van der Waals surface area contributed by atoms with E-state index in [0.29, 0.717) is 11.1 Å². The molecule has 0 amide bonds. The van der Waals surface area contributed by atoms with Crippen molar-refractivity contribution in [3.8, 4) is 34.1 Å². The molecule has 0 heterocycles. The third-order valence-corrected chi connectivity index (χ3v) is 12.0. The molecule has 0 bridgehead atoms. The van der Waals surface area contributed by atoms with Gasteiger partial charge in [0.15, 0.2) is 11.5 Å². The maximum Gasteiger partial charge on any atom is 0.298 e. The Kier molecular flexibility index (Phi) is 19.4. The van der Waals surface area contributed by atoms with Crippen molar-refractivity contribution >= 4 is 209 Å². The predicted octanol–water partition coefficient (Wildman–Crippen LogP) is 4.97. The van der Waals surface area contributed by atoms with Crippen LogP contribution in [0.3, 0.4) is 0 Å². The molecule has 4 radical (unpaired) electrons. The number of nitrogens with two attached hydrogens (primary N) is 1. The van der Waals surface area contributed by atoms with Gasteiger partial charge in [0.2, 0.25) is 0 Å². The third-order valence-electron chi connectivity index (χ3n) is 8.54. The number of hydrogen-bond acceptors (Lipinski definition) is 17. The van der Waals surface area contributed by atoms with Crippen LogP contribution in [0.4, 0.5) is 28.4 Å². The number of anilines is 1. The van der Waals surface area contributed by atoms with Gasteiger partial charge in [-0.2, -0.15) is 33.7 Å². The second kappa shape index (κ2) is 21.5. The number of hydrogen-bond donors (Lipinski definition) is 7. The minimum atomic E-state index is -5.13. The van der Waals surface area contributed by atoms with E-state index in [-0.39, 0.29) is 168 Å². The molecule has 6 aromatic rings. The fourth-order valence-corrected chi connectivity index (χ4v) is 8.15. The molecule has 0 spiro atoms. The average molecular weight is 982 g/mol. The number of azo groups is 2. The van der Waals surface area contributed by atoms with Gasteiger partial charge in [-0.15, -0.1) is 20.5 Å². The van der Waals surface area contributed by atoms with Gasteiger partial charge in [-0.1, -0.05) is 18.2 Å². The number of phenolic OH excluding ortho intramolecular Hbond substituents is 2. The monoisotopic (exact) mass is 981 g/mol. The van der Waals surface area contributed by atoms with Crippen LogP contribution in [0.1, 0.15) is 0 Å². The smallest absolute Gasteiger partial charge is 0.298 e. The number of nitrogens with zero attached hydrogens (tertiary/aromatic N) is 4. The van der Waals surface area contributed by atoms with Gasteiger partial charge < -0.3 is 25.4 Å². The largest absolute Gasteiger partial charge is 0.505 e. The van der Waals surface area contributed by atoms with Gasteiger partial charge in [0.05, 0.1) is 24.0 Å². The van der Waals surface area contributed by atoms with Crippen molar-refractivity contribution in [3.05, 3.63) is 78.9 Å². The zero-order chi connectivity index (χ0) is 43.4. The molecule has 0 fully saturated rings. The van der Waals surface area contributed by atoms with E-state index in [1.807, 2.05) is 0 Å². The van der Waals surface area contributed by atoms with Crippen LogP contribution in [0.2, 0.25) is 0 Å². The first-order valence-corrected chi connectivity index (χ1v) is 21.7. The van der Waals surface area contributed by atoms with E-state index in [0.717, 1.165) is 42.5 Å². The van der Waals surface area contributed by atoms with Gasteiger partial charge >= 0.3 is 0 Å². The fraction of sp³-hybridized carbons (Fsp3) is 0.0588. The van der Waals surface area contributed by atoms with Crippen molar-refractivity contribution in [2.45, 2.75) is 19.6 Å². The van der Waals surface area contributed by atoms with Gasteiger partial charge in [-0.25, -0.2) is 0 Å². The Balaban J connectivity index is 0.00000341. The van der Waals surface area contributed by atoms with Crippen LogP contribution >= 0.6 is 0 Å². The average Bonchev–Trinajstić information content (AvgIpc) is 3.14. The first kappa shape index (κ1) is 56.8. The number of aromatic hydroxyl groups is 2. The summed E-state index contributed by atoms with van der Waals surface area (Å²) < 4.78 is 145. The van der Waals surface area contributed by atoms with Gasteiger partial charge in [0, 0.05) is 135 Å². The second-order valence-corrected chi connectivity index (χ2v) is 17.8. The minimum Gasteiger partial charge on any atom is -0.505 e. The number of nitrogen functional groups attached to an aromatic ring is 1. The van der Waals surface area contributed by atoms with Gasteiger partial charge in [0.1, 0.15) is 44.0 Å². The molecule has 21 nitrogen and oxygen atoms in total. The zero-order valence-corrected chi connectivity index (χ0v) is 45.0. The van der Waals surface area contributed by atoms with E-state index in [1.165, 1.54) is 44.6 Å². The van der Waals surface area contributed by atoms with Crippen molar-refractivity contribution in [1.82, 2.24) is 0 Å². The molecule has 0 aliphatic heterocycles. The van der Waals surface area contributed by atoms with E-state index in [2.05, 4.69) is 20.5 Å². The maximum absolute atomic E-state index is 12.3. The molecule has 0 aromatic heterocycles. The second-order valence-electron chi connectivity index (χ2n) is 12.2. The number of fused-ring (bicyclic) bond motifs is 2. The molecule has 6 rings (SSSR count). The normalized spacial score (nSPS) is 12.0. The summed E-state index contributed by atoms with van der Waals surface area (Å²) in [6.07, 6.45) is 0. The molecule has 0 saturated carbocycles. The summed E-state index contributed by atoms with van der Waals surface area (Å²) in [5.41, 5.74) is 5.31. The number of rotatable bonds is 11. The fourth-order valence-electron chi connectivity index (χ4n) is 5.81. The number of benzene rings is 6. The Morgan fingerprint density at radius 2 is 0.952 bits per heavy atom. The van der Waals surface area contributed by atoms with Crippen molar-refractivity contribution < 1.29 is 71.6 Å². The van der Waals surface area contributed by atoms with Crippen molar-refractivity contribution in [1.29, 1.82) is 0 Å². The molecule has 0 aliphatic carbocycles. The zero-order valence-electron chi connectivity index (χ0n) is 33.8. The van der Waals surface area contributed by atoms with Crippen LogP contribution < -0.4 is 15.2 Å². The summed E-state index contributed by atoms with van der Waals surface area (Å²) in [5, 5.41) is 37.0. The summed E-state index contributed by atoms with van der Waals surface area (Å²) in [6.45, 7) is 0. The predicted molar refractivity (Wildman–Crippen MR) is 231 cm³/mol.